The molecular formula is C16H24N2O2. The van der Waals surface area contributed by atoms with E-state index in [0.717, 1.165) is 13.0 Å². The van der Waals surface area contributed by atoms with Crippen molar-refractivity contribution in [1.29, 1.82) is 5.26 Å². The number of nitriles is 1. The van der Waals surface area contributed by atoms with Gasteiger partial charge in [-0.15, -0.1) is 0 Å². The lowest BCUT2D eigenvalue weighted by atomic mass is 9.96. The molecule has 0 bridgehead atoms. The first-order valence-corrected chi connectivity index (χ1v) is 7.00. The van der Waals surface area contributed by atoms with Crippen LogP contribution in [-0.2, 0) is 0 Å². The molecule has 0 spiro atoms. The highest BCUT2D eigenvalue weighted by molar-refractivity contribution is 5.39. The first kappa shape index (κ1) is 16.3. The Kier molecular flexibility index (Phi) is 6.33. The molecule has 0 aliphatic carbocycles. The van der Waals surface area contributed by atoms with Crippen LogP contribution in [0.3, 0.4) is 0 Å². The molecule has 110 valence electrons. The minimum absolute atomic E-state index is 0.0830. The Labute approximate surface area is 121 Å². The SMILES string of the molecule is CCCNC(C)(C#N)CC(C)Oc1ccccc1OC. The van der Waals surface area contributed by atoms with Crippen molar-refractivity contribution in [3.63, 3.8) is 0 Å². The van der Waals surface area contributed by atoms with Gasteiger partial charge in [0, 0.05) is 6.42 Å². The summed E-state index contributed by atoms with van der Waals surface area (Å²) in [5, 5.41) is 12.6. The fourth-order valence-electron chi connectivity index (χ4n) is 2.11. The van der Waals surface area contributed by atoms with Crippen LogP contribution in [0.1, 0.15) is 33.6 Å². The van der Waals surface area contributed by atoms with Crippen molar-refractivity contribution in [1.82, 2.24) is 5.32 Å². The quantitative estimate of drug-likeness (QED) is 0.792. The lowest BCUT2D eigenvalue weighted by Crippen LogP contribution is -2.44. The second-order valence-corrected chi connectivity index (χ2v) is 5.15. The van der Waals surface area contributed by atoms with Gasteiger partial charge in [-0.2, -0.15) is 5.26 Å². The minimum atomic E-state index is -0.572. The van der Waals surface area contributed by atoms with Crippen LogP contribution < -0.4 is 14.8 Å². The molecular weight excluding hydrogens is 252 g/mol. The zero-order chi connectivity index (χ0) is 15.0. The standard InChI is InChI=1S/C16H24N2O2/c1-5-10-18-16(3,12-17)11-13(2)20-15-9-7-6-8-14(15)19-4/h6-9,13,18H,5,10-11H2,1-4H3. The molecule has 0 aliphatic heterocycles. The highest BCUT2D eigenvalue weighted by Crippen LogP contribution is 2.28. The third kappa shape index (κ3) is 4.75. The Hall–Kier alpha value is -1.73. The van der Waals surface area contributed by atoms with E-state index in [1.54, 1.807) is 7.11 Å². The van der Waals surface area contributed by atoms with E-state index in [0.29, 0.717) is 17.9 Å². The molecule has 2 atom stereocenters. The summed E-state index contributed by atoms with van der Waals surface area (Å²) in [6, 6.07) is 9.88. The van der Waals surface area contributed by atoms with Crippen molar-refractivity contribution in [3.8, 4) is 17.6 Å². The fraction of sp³-hybridized carbons (Fsp3) is 0.562. The van der Waals surface area contributed by atoms with Crippen LogP contribution in [0.15, 0.2) is 24.3 Å². The van der Waals surface area contributed by atoms with Gasteiger partial charge in [0.25, 0.3) is 0 Å². The molecule has 1 N–H and O–H groups in total. The van der Waals surface area contributed by atoms with Crippen LogP contribution in [0.4, 0.5) is 0 Å². The first-order chi connectivity index (χ1) is 9.54. The second kappa shape index (κ2) is 7.76. The van der Waals surface area contributed by atoms with Gasteiger partial charge in [-0.25, -0.2) is 0 Å². The number of rotatable bonds is 8. The number of hydrogen-bond acceptors (Lipinski definition) is 4. The van der Waals surface area contributed by atoms with Gasteiger partial charge in [0.05, 0.1) is 19.3 Å². The molecule has 1 rings (SSSR count). The highest BCUT2D eigenvalue weighted by Gasteiger charge is 2.26. The van der Waals surface area contributed by atoms with E-state index in [4.69, 9.17) is 9.47 Å². The molecule has 1 aromatic rings. The van der Waals surface area contributed by atoms with Crippen LogP contribution in [0.25, 0.3) is 0 Å². The van der Waals surface area contributed by atoms with Crippen molar-refractivity contribution in [2.75, 3.05) is 13.7 Å². The van der Waals surface area contributed by atoms with E-state index in [2.05, 4.69) is 18.3 Å². The van der Waals surface area contributed by atoms with Gasteiger partial charge in [0.2, 0.25) is 0 Å². The van der Waals surface area contributed by atoms with Crippen molar-refractivity contribution in [3.05, 3.63) is 24.3 Å². The average molecular weight is 276 g/mol. The number of ether oxygens (including phenoxy) is 2. The number of hydrogen-bond donors (Lipinski definition) is 1. The van der Waals surface area contributed by atoms with Gasteiger partial charge in [-0.05, 0) is 38.9 Å². The maximum Gasteiger partial charge on any atom is 0.161 e. The maximum atomic E-state index is 9.33. The molecule has 0 saturated carbocycles. The number of para-hydroxylation sites is 2. The van der Waals surface area contributed by atoms with E-state index in [-0.39, 0.29) is 6.10 Å². The Morgan fingerprint density at radius 3 is 2.55 bits per heavy atom. The van der Waals surface area contributed by atoms with E-state index in [9.17, 15) is 5.26 Å². The van der Waals surface area contributed by atoms with Crippen molar-refractivity contribution >= 4 is 0 Å². The predicted molar refractivity (Wildman–Crippen MR) is 80.0 cm³/mol. The second-order valence-electron chi connectivity index (χ2n) is 5.15. The van der Waals surface area contributed by atoms with Crippen molar-refractivity contribution < 1.29 is 9.47 Å². The van der Waals surface area contributed by atoms with Crippen LogP contribution in [0.5, 0.6) is 11.5 Å². The minimum Gasteiger partial charge on any atom is -0.493 e. The monoisotopic (exact) mass is 276 g/mol. The summed E-state index contributed by atoms with van der Waals surface area (Å²) in [4.78, 5) is 0. The summed E-state index contributed by atoms with van der Waals surface area (Å²) < 4.78 is 11.2. The molecule has 2 unspecified atom stereocenters. The molecule has 0 radical (unpaired) electrons. The van der Waals surface area contributed by atoms with Crippen LogP contribution >= 0.6 is 0 Å². The Morgan fingerprint density at radius 1 is 1.35 bits per heavy atom. The lowest BCUT2D eigenvalue weighted by molar-refractivity contribution is 0.173. The van der Waals surface area contributed by atoms with E-state index in [1.165, 1.54) is 0 Å². The topological polar surface area (TPSA) is 54.3 Å². The zero-order valence-electron chi connectivity index (χ0n) is 12.8. The number of benzene rings is 1. The van der Waals surface area contributed by atoms with Gasteiger partial charge in [-0.3, -0.25) is 5.32 Å². The summed E-state index contributed by atoms with van der Waals surface area (Å²) in [5.74, 6) is 1.41. The maximum absolute atomic E-state index is 9.33. The van der Waals surface area contributed by atoms with Crippen LogP contribution in [0, 0.1) is 11.3 Å². The smallest absolute Gasteiger partial charge is 0.161 e. The number of methoxy groups -OCH3 is 1. The summed E-state index contributed by atoms with van der Waals surface area (Å²) >= 11 is 0. The summed E-state index contributed by atoms with van der Waals surface area (Å²) in [7, 11) is 1.62. The largest absolute Gasteiger partial charge is 0.493 e. The molecule has 4 nitrogen and oxygen atoms in total. The molecule has 0 aliphatic rings. The highest BCUT2D eigenvalue weighted by atomic mass is 16.5. The third-order valence-corrected chi connectivity index (χ3v) is 3.10. The van der Waals surface area contributed by atoms with Gasteiger partial charge < -0.3 is 9.47 Å². The average Bonchev–Trinajstić information content (AvgIpc) is 2.45. The molecule has 0 heterocycles. The summed E-state index contributed by atoms with van der Waals surface area (Å²) in [6.45, 7) is 6.78. The normalized spacial score (nSPS) is 14.9. The molecule has 1 aromatic carbocycles. The van der Waals surface area contributed by atoms with Crippen LogP contribution in [-0.4, -0.2) is 25.3 Å². The predicted octanol–water partition coefficient (Wildman–Crippen LogP) is 3.13. The van der Waals surface area contributed by atoms with E-state index >= 15 is 0 Å². The Bertz CT molecular complexity index is 456. The van der Waals surface area contributed by atoms with Crippen molar-refractivity contribution in [2.45, 2.75) is 45.3 Å². The van der Waals surface area contributed by atoms with Crippen molar-refractivity contribution in [2.24, 2.45) is 0 Å². The molecule has 0 fully saturated rings. The third-order valence-electron chi connectivity index (χ3n) is 3.10. The van der Waals surface area contributed by atoms with Gasteiger partial charge in [0.1, 0.15) is 5.54 Å². The molecule has 0 amide bonds. The molecule has 4 heteroatoms. The number of nitrogens with zero attached hydrogens (tertiary/aromatic N) is 1. The van der Waals surface area contributed by atoms with E-state index < -0.39 is 5.54 Å². The molecule has 0 saturated heterocycles. The van der Waals surface area contributed by atoms with E-state index in [1.807, 2.05) is 38.1 Å². The Morgan fingerprint density at radius 2 is 2.00 bits per heavy atom. The fourth-order valence-corrected chi connectivity index (χ4v) is 2.11. The summed E-state index contributed by atoms with van der Waals surface area (Å²) in [6.07, 6.45) is 1.53. The first-order valence-electron chi connectivity index (χ1n) is 7.00. The van der Waals surface area contributed by atoms with Gasteiger partial charge >= 0.3 is 0 Å². The summed E-state index contributed by atoms with van der Waals surface area (Å²) in [5.41, 5.74) is -0.572. The zero-order valence-corrected chi connectivity index (χ0v) is 12.8. The van der Waals surface area contributed by atoms with Gasteiger partial charge in [-0.1, -0.05) is 19.1 Å². The number of nitrogens with one attached hydrogen (secondary N) is 1. The molecule has 0 aromatic heterocycles. The van der Waals surface area contributed by atoms with Gasteiger partial charge in [0.15, 0.2) is 11.5 Å². The Balaban J connectivity index is 2.66. The molecule has 20 heavy (non-hydrogen) atoms. The lowest BCUT2D eigenvalue weighted by Gasteiger charge is -2.27. The van der Waals surface area contributed by atoms with Crippen LogP contribution in [0.2, 0.25) is 0 Å².